The summed E-state index contributed by atoms with van der Waals surface area (Å²) in [5.41, 5.74) is 0. The van der Waals surface area contributed by atoms with Crippen molar-refractivity contribution < 1.29 is 90.5 Å². The normalized spacial score (nSPS) is 10.4. The van der Waals surface area contributed by atoms with Crippen molar-refractivity contribution in [2.45, 2.75) is 6.42 Å². The zero-order chi connectivity index (χ0) is 9.12. The zero-order valence-corrected chi connectivity index (χ0v) is 13.5. The quantitative estimate of drug-likeness (QED) is 0.364. The monoisotopic (exact) mass is 266 g/mol. The van der Waals surface area contributed by atoms with Gasteiger partial charge in [0.05, 0.1) is 20.2 Å². The summed E-state index contributed by atoms with van der Waals surface area (Å²) < 4.78 is 59.2. The summed E-state index contributed by atoms with van der Waals surface area (Å²) in [5, 5.41) is 0. The molecule has 14 heavy (non-hydrogen) atoms. The maximum absolute atomic E-state index is 9.86. The van der Waals surface area contributed by atoms with Gasteiger partial charge in [-0.3, -0.25) is 0 Å². The molecule has 0 radical (unpaired) electrons. The molecule has 0 aliphatic rings. The largest absolute Gasteiger partial charge is 1.00 e. The topological polar surface area (TPSA) is 146 Å². The number of rotatable bonds is 4. The molecule has 0 aliphatic carbocycles. The maximum atomic E-state index is 9.86. The second-order valence-electron chi connectivity index (χ2n) is 1.88. The number of hydrogen-bond donors (Lipinski definition) is 0. The Morgan fingerprint density at radius 3 is 1.14 bits per heavy atom. The average Bonchev–Trinajstić information content (AvgIpc) is 1.55. The van der Waals surface area contributed by atoms with E-state index in [1.165, 1.54) is 0 Å². The van der Waals surface area contributed by atoms with E-state index in [0.29, 0.717) is 0 Å². The van der Waals surface area contributed by atoms with Gasteiger partial charge in [-0.1, -0.05) is 0 Å². The molecule has 0 rings (SSSR count). The van der Waals surface area contributed by atoms with Crippen LogP contribution in [0, 0.1) is 0 Å². The van der Waals surface area contributed by atoms with Crippen LogP contribution in [-0.2, 0) is 20.2 Å². The average molecular weight is 266 g/mol. The minimum Gasteiger partial charge on any atom is -0.748 e. The maximum Gasteiger partial charge on any atom is 1.00 e. The van der Waals surface area contributed by atoms with E-state index in [4.69, 9.17) is 0 Å². The first kappa shape index (κ1) is 24.8. The van der Waals surface area contributed by atoms with Crippen LogP contribution in [0.25, 0.3) is 0 Å². The summed E-state index contributed by atoms with van der Waals surface area (Å²) in [4.78, 5) is 0. The Balaban J connectivity index is -0.000000167. The molecule has 76 valence electrons. The Kier molecular flexibility index (Phi) is 17.7. The molecule has 0 aliphatic heterocycles. The summed E-state index contributed by atoms with van der Waals surface area (Å²) in [7, 11) is -8.80. The van der Waals surface area contributed by atoms with Crippen molar-refractivity contribution in [1.82, 2.24) is 0 Å². The van der Waals surface area contributed by atoms with Crippen LogP contribution < -0.4 is 59.1 Å². The molecule has 0 bridgehead atoms. The van der Waals surface area contributed by atoms with Gasteiger partial charge >= 0.3 is 59.1 Å². The molecule has 2 N–H and O–H groups in total. The molecule has 11 heteroatoms. The van der Waals surface area contributed by atoms with Crippen molar-refractivity contribution >= 4 is 20.2 Å². The van der Waals surface area contributed by atoms with E-state index in [2.05, 4.69) is 0 Å². The van der Waals surface area contributed by atoms with Crippen LogP contribution in [0.5, 0.6) is 0 Å². The second kappa shape index (κ2) is 9.97. The molecule has 0 spiro atoms. The molecule has 0 saturated carbocycles. The fraction of sp³-hybridized carbons (Fsp3) is 1.00. The van der Waals surface area contributed by atoms with Crippen molar-refractivity contribution in [2.75, 3.05) is 11.5 Å². The third-order valence-corrected chi connectivity index (χ3v) is 2.37. The standard InChI is InChI=1S/C3H8O6S2.2Na.H2O/c4-10(5,6)2-1-3-11(7,8)9;;;/h1-3H2,(H,4,5,6)(H,7,8,9);;;1H2/q;2*+1;/p-2. The fourth-order valence-electron chi connectivity index (χ4n) is 0.412. The third-order valence-electron chi connectivity index (χ3n) is 0.789. The summed E-state index contributed by atoms with van der Waals surface area (Å²) >= 11 is 0. The summed E-state index contributed by atoms with van der Waals surface area (Å²) in [6.45, 7) is 0. The van der Waals surface area contributed by atoms with Gasteiger partial charge in [-0.05, 0) is 6.42 Å². The Hall–Kier alpha value is 1.78. The smallest absolute Gasteiger partial charge is 0.748 e. The first-order valence-corrected chi connectivity index (χ1v) is 5.73. The predicted octanol–water partition coefficient (Wildman–Crippen LogP) is -8.35. The minimum atomic E-state index is -4.40. The molecule has 0 saturated heterocycles. The van der Waals surface area contributed by atoms with Gasteiger partial charge in [0.1, 0.15) is 0 Å². The molecule has 0 aromatic heterocycles. The Morgan fingerprint density at radius 1 is 0.786 bits per heavy atom. The predicted molar refractivity (Wildman–Crippen MR) is 37.4 cm³/mol. The van der Waals surface area contributed by atoms with E-state index >= 15 is 0 Å². The van der Waals surface area contributed by atoms with Crippen LogP contribution in [0.3, 0.4) is 0 Å². The van der Waals surface area contributed by atoms with Crippen LogP contribution >= 0.6 is 0 Å². The van der Waals surface area contributed by atoms with Crippen molar-refractivity contribution in [2.24, 2.45) is 0 Å². The van der Waals surface area contributed by atoms with E-state index < -0.39 is 38.2 Å². The van der Waals surface area contributed by atoms with Crippen LogP contribution in [0.2, 0.25) is 0 Å². The Morgan fingerprint density at radius 2 is 1.00 bits per heavy atom. The van der Waals surface area contributed by atoms with Crippen molar-refractivity contribution in [3.05, 3.63) is 0 Å². The third kappa shape index (κ3) is 23.5. The van der Waals surface area contributed by atoms with Crippen molar-refractivity contribution in [3.8, 4) is 0 Å². The van der Waals surface area contributed by atoms with Crippen molar-refractivity contribution in [1.29, 1.82) is 0 Å². The molecular weight excluding hydrogens is 258 g/mol. The minimum absolute atomic E-state index is 0. The van der Waals surface area contributed by atoms with E-state index in [0.717, 1.165) is 0 Å². The van der Waals surface area contributed by atoms with Gasteiger partial charge in [0.25, 0.3) is 0 Å². The van der Waals surface area contributed by atoms with Crippen molar-refractivity contribution in [3.63, 3.8) is 0 Å². The van der Waals surface area contributed by atoms with E-state index in [9.17, 15) is 25.9 Å². The summed E-state index contributed by atoms with van der Waals surface area (Å²) in [6, 6.07) is 0. The zero-order valence-electron chi connectivity index (χ0n) is 7.89. The van der Waals surface area contributed by atoms with E-state index in [1.807, 2.05) is 0 Å². The second-order valence-corrected chi connectivity index (χ2v) is 4.92. The first-order chi connectivity index (χ1) is 4.71. The first-order valence-electron chi connectivity index (χ1n) is 2.58. The van der Waals surface area contributed by atoms with Gasteiger partial charge < -0.3 is 14.6 Å². The fourth-order valence-corrected chi connectivity index (χ4v) is 1.59. The van der Waals surface area contributed by atoms with E-state index in [1.54, 1.807) is 0 Å². The van der Waals surface area contributed by atoms with Gasteiger partial charge in [0.15, 0.2) is 0 Å². The van der Waals surface area contributed by atoms with Gasteiger partial charge in [-0.2, -0.15) is 0 Å². The molecule has 0 atom stereocenters. The Labute approximate surface area is 127 Å². The van der Waals surface area contributed by atoms with Crippen LogP contribution in [0.4, 0.5) is 0 Å². The Bertz CT molecular complexity index is 274. The number of hydrogen-bond acceptors (Lipinski definition) is 6. The van der Waals surface area contributed by atoms with Crippen LogP contribution in [0.15, 0.2) is 0 Å². The molecule has 0 aromatic rings. The molecule has 0 unspecified atom stereocenters. The van der Waals surface area contributed by atoms with Gasteiger partial charge in [-0.15, -0.1) is 0 Å². The summed E-state index contributed by atoms with van der Waals surface area (Å²) in [5.74, 6) is -1.62. The van der Waals surface area contributed by atoms with Gasteiger partial charge in [0.2, 0.25) is 0 Å². The molecular formula is C3H8Na2O7S2. The van der Waals surface area contributed by atoms with Crippen LogP contribution in [0.1, 0.15) is 6.42 Å². The van der Waals surface area contributed by atoms with Gasteiger partial charge in [-0.25, -0.2) is 16.8 Å². The SMILES string of the molecule is O.O=S(=O)([O-])CCCS(=O)(=O)[O-].[Na+].[Na+]. The van der Waals surface area contributed by atoms with Gasteiger partial charge in [0, 0.05) is 11.5 Å². The van der Waals surface area contributed by atoms with E-state index in [-0.39, 0.29) is 64.6 Å². The molecule has 0 heterocycles. The molecule has 7 nitrogen and oxygen atoms in total. The molecule has 0 aromatic carbocycles. The molecule has 0 amide bonds. The van der Waals surface area contributed by atoms with Crippen LogP contribution in [-0.4, -0.2) is 42.9 Å². The molecule has 0 fully saturated rings. The summed E-state index contributed by atoms with van der Waals surface area (Å²) in [6.07, 6.45) is -0.433.